The van der Waals surface area contributed by atoms with Gasteiger partial charge >= 0.3 is 0 Å². The van der Waals surface area contributed by atoms with Crippen molar-refractivity contribution in [3.05, 3.63) is 53.9 Å². The Bertz CT molecular complexity index is 573. The van der Waals surface area contributed by atoms with Gasteiger partial charge in [-0.05, 0) is 18.1 Å². The van der Waals surface area contributed by atoms with E-state index in [0.29, 0.717) is 6.54 Å². The molecular formula is C16H18NO+. The molecule has 0 fully saturated rings. The van der Waals surface area contributed by atoms with Gasteiger partial charge in [-0.25, -0.2) is 0 Å². The highest BCUT2D eigenvalue weighted by Crippen LogP contribution is 2.22. The highest BCUT2D eigenvalue weighted by molar-refractivity contribution is 5.74. The molecule has 18 heavy (non-hydrogen) atoms. The second-order valence-electron chi connectivity index (χ2n) is 4.71. The second kappa shape index (κ2) is 5.13. The maximum atomic E-state index is 11.2. The quantitative estimate of drug-likeness (QED) is 0.756. The van der Waals surface area contributed by atoms with Crippen molar-refractivity contribution in [3.8, 4) is 11.1 Å². The molecule has 2 aromatic rings. The Morgan fingerprint density at radius 2 is 1.83 bits per heavy atom. The standard InChI is InChI=1S/C16H18NO/c1-12-10-17(11-14(3)18)13(2)9-16(12)15-7-5-4-6-8-15/h4-10H,11H2,1-3H3/q+1. The molecule has 1 heterocycles. The lowest BCUT2D eigenvalue weighted by Crippen LogP contribution is -2.40. The van der Waals surface area contributed by atoms with E-state index in [0.717, 1.165) is 5.69 Å². The van der Waals surface area contributed by atoms with E-state index in [1.165, 1.54) is 16.7 Å². The van der Waals surface area contributed by atoms with Gasteiger partial charge in [0.05, 0.1) is 0 Å². The number of carbonyl (C=O) groups is 1. The first-order chi connectivity index (χ1) is 8.58. The Labute approximate surface area is 108 Å². The van der Waals surface area contributed by atoms with Crippen LogP contribution in [0.15, 0.2) is 42.6 Å². The van der Waals surface area contributed by atoms with Crippen molar-refractivity contribution in [2.24, 2.45) is 0 Å². The van der Waals surface area contributed by atoms with E-state index >= 15 is 0 Å². The van der Waals surface area contributed by atoms with Crippen LogP contribution in [0.2, 0.25) is 0 Å². The molecule has 0 saturated heterocycles. The number of pyridine rings is 1. The molecule has 2 nitrogen and oxygen atoms in total. The summed E-state index contributed by atoms with van der Waals surface area (Å²) in [6.07, 6.45) is 2.05. The van der Waals surface area contributed by atoms with Crippen LogP contribution >= 0.6 is 0 Å². The molecule has 1 aromatic heterocycles. The number of benzene rings is 1. The van der Waals surface area contributed by atoms with E-state index in [-0.39, 0.29) is 5.78 Å². The van der Waals surface area contributed by atoms with Gasteiger partial charge in [-0.2, -0.15) is 4.57 Å². The zero-order chi connectivity index (χ0) is 13.1. The molecule has 0 atom stereocenters. The summed E-state index contributed by atoms with van der Waals surface area (Å²) in [7, 11) is 0. The van der Waals surface area contributed by atoms with Gasteiger partial charge in [0.2, 0.25) is 6.54 Å². The van der Waals surface area contributed by atoms with Gasteiger partial charge in [0.15, 0.2) is 17.7 Å². The van der Waals surface area contributed by atoms with Gasteiger partial charge in [0.25, 0.3) is 0 Å². The Kier molecular flexibility index (Phi) is 3.56. The minimum absolute atomic E-state index is 0.176. The van der Waals surface area contributed by atoms with E-state index < -0.39 is 0 Å². The Balaban J connectivity index is 2.46. The smallest absolute Gasteiger partial charge is 0.206 e. The fourth-order valence-electron chi connectivity index (χ4n) is 2.15. The Hall–Kier alpha value is -1.96. The maximum absolute atomic E-state index is 11.2. The number of aryl methyl sites for hydroxylation is 2. The van der Waals surface area contributed by atoms with Gasteiger partial charge in [0, 0.05) is 25.5 Å². The molecule has 0 bridgehead atoms. The van der Waals surface area contributed by atoms with Crippen LogP contribution in [0.1, 0.15) is 18.2 Å². The zero-order valence-electron chi connectivity index (χ0n) is 11.1. The SMILES string of the molecule is CC(=O)C[n+]1cc(C)c(-c2ccccc2)cc1C. The third-order valence-electron chi connectivity index (χ3n) is 3.06. The van der Waals surface area contributed by atoms with Crippen LogP contribution in [-0.2, 0) is 11.3 Å². The van der Waals surface area contributed by atoms with Crippen LogP contribution < -0.4 is 4.57 Å². The van der Waals surface area contributed by atoms with Gasteiger partial charge in [0.1, 0.15) is 0 Å². The minimum atomic E-state index is 0.176. The Morgan fingerprint density at radius 3 is 2.44 bits per heavy atom. The van der Waals surface area contributed by atoms with E-state index in [9.17, 15) is 4.79 Å². The Morgan fingerprint density at radius 1 is 1.17 bits per heavy atom. The van der Waals surface area contributed by atoms with E-state index in [1.807, 2.05) is 29.7 Å². The lowest BCUT2D eigenvalue weighted by molar-refractivity contribution is -0.690. The normalized spacial score (nSPS) is 10.4. The number of hydrogen-bond donors (Lipinski definition) is 0. The number of carbonyl (C=O) groups excluding carboxylic acids is 1. The molecule has 0 aliphatic carbocycles. The van der Waals surface area contributed by atoms with Gasteiger partial charge in [-0.15, -0.1) is 0 Å². The van der Waals surface area contributed by atoms with E-state index in [1.54, 1.807) is 6.92 Å². The molecule has 0 saturated carbocycles. The lowest BCUT2D eigenvalue weighted by atomic mass is 10.0. The highest BCUT2D eigenvalue weighted by Gasteiger charge is 2.13. The third kappa shape index (κ3) is 2.65. The summed E-state index contributed by atoms with van der Waals surface area (Å²) < 4.78 is 2.00. The zero-order valence-corrected chi connectivity index (χ0v) is 11.1. The maximum Gasteiger partial charge on any atom is 0.206 e. The molecule has 92 valence electrons. The van der Waals surface area contributed by atoms with Crippen molar-refractivity contribution < 1.29 is 9.36 Å². The molecule has 2 heteroatoms. The topological polar surface area (TPSA) is 20.9 Å². The highest BCUT2D eigenvalue weighted by atomic mass is 16.1. The molecule has 2 rings (SSSR count). The summed E-state index contributed by atoms with van der Waals surface area (Å²) in [6, 6.07) is 12.5. The first kappa shape index (κ1) is 12.5. The molecular weight excluding hydrogens is 222 g/mol. The van der Waals surface area contributed by atoms with Crippen molar-refractivity contribution in [1.29, 1.82) is 0 Å². The average molecular weight is 240 g/mol. The lowest BCUT2D eigenvalue weighted by Gasteiger charge is -2.07. The van der Waals surface area contributed by atoms with E-state index in [4.69, 9.17) is 0 Å². The number of ketones is 1. The van der Waals surface area contributed by atoms with Crippen molar-refractivity contribution in [2.45, 2.75) is 27.3 Å². The van der Waals surface area contributed by atoms with Crippen LogP contribution in [0.3, 0.4) is 0 Å². The summed E-state index contributed by atoms with van der Waals surface area (Å²) in [5.74, 6) is 0.176. The predicted molar refractivity (Wildman–Crippen MR) is 72.2 cm³/mol. The molecule has 0 spiro atoms. The predicted octanol–water partition coefficient (Wildman–Crippen LogP) is 2.85. The van der Waals surface area contributed by atoms with Gasteiger partial charge < -0.3 is 0 Å². The third-order valence-corrected chi connectivity index (χ3v) is 3.06. The monoisotopic (exact) mass is 240 g/mol. The number of nitrogens with zero attached hydrogens (tertiary/aromatic N) is 1. The number of rotatable bonds is 3. The molecule has 0 aliphatic rings. The first-order valence-electron chi connectivity index (χ1n) is 6.13. The molecule has 0 aliphatic heterocycles. The molecule has 1 aromatic carbocycles. The van der Waals surface area contributed by atoms with Crippen LogP contribution in [0.5, 0.6) is 0 Å². The molecule has 0 unspecified atom stereocenters. The summed E-state index contributed by atoms with van der Waals surface area (Å²) in [6.45, 7) is 6.18. The van der Waals surface area contributed by atoms with Crippen LogP contribution in [-0.4, -0.2) is 5.78 Å². The second-order valence-corrected chi connectivity index (χ2v) is 4.71. The fourth-order valence-corrected chi connectivity index (χ4v) is 2.15. The summed E-state index contributed by atoms with van der Waals surface area (Å²) in [4.78, 5) is 11.2. The first-order valence-corrected chi connectivity index (χ1v) is 6.13. The van der Waals surface area contributed by atoms with Gasteiger partial charge in [-0.3, -0.25) is 4.79 Å². The molecule has 0 N–H and O–H groups in total. The fraction of sp³-hybridized carbons (Fsp3) is 0.250. The van der Waals surface area contributed by atoms with Crippen LogP contribution in [0.25, 0.3) is 11.1 Å². The summed E-state index contributed by atoms with van der Waals surface area (Å²) in [5.41, 5.74) is 4.74. The van der Waals surface area contributed by atoms with Crippen molar-refractivity contribution in [3.63, 3.8) is 0 Å². The van der Waals surface area contributed by atoms with Gasteiger partial charge in [-0.1, -0.05) is 30.3 Å². The molecule has 0 amide bonds. The van der Waals surface area contributed by atoms with Crippen molar-refractivity contribution in [2.75, 3.05) is 0 Å². The van der Waals surface area contributed by atoms with Crippen LogP contribution in [0, 0.1) is 13.8 Å². The number of hydrogen-bond acceptors (Lipinski definition) is 1. The van der Waals surface area contributed by atoms with Crippen LogP contribution in [0.4, 0.5) is 0 Å². The number of aromatic nitrogens is 1. The van der Waals surface area contributed by atoms with Crippen molar-refractivity contribution >= 4 is 5.78 Å². The number of Topliss-reactive ketones (excluding diaryl/α,β-unsaturated/α-hetero) is 1. The summed E-state index contributed by atoms with van der Waals surface area (Å²) in [5, 5.41) is 0. The van der Waals surface area contributed by atoms with E-state index in [2.05, 4.69) is 31.3 Å². The summed E-state index contributed by atoms with van der Waals surface area (Å²) >= 11 is 0. The average Bonchev–Trinajstić information content (AvgIpc) is 2.34. The largest absolute Gasteiger partial charge is 0.293 e. The van der Waals surface area contributed by atoms with Crippen molar-refractivity contribution in [1.82, 2.24) is 0 Å². The minimum Gasteiger partial charge on any atom is -0.293 e. The molecule has 0 radical (unpaired) electrons.